The van der Waals surface area contributed by atoms with Gasteiger partial charge in [0.25, 0.3) is 11.8 Å². The van der Waals surface area contributed by atoms with Crippen LogP contribution in [0.3, 0.4) is 0 Å². The van der Waals surface area contributed by atoms with Gasteiger partial charge in [0.1, 0.15) is 11.5 Å². The first-order chi connectivity index (χ1) is 10.8. The summed E-state index contributed by atoms with van der Waals surface area (Å²) in [6.45, 7) is 0. The van der Waals surface area contributed by atoms with Crippen LogP contribution in [0.15, 0.2) is 34.9 Å². The van der Waals surface area contributed by atoms with Crippen molar-refractivity contribution in [1.29, 1.82) is 0 Å². The summed E-state index contributed by atoms with van der Waals surface area (Å²) in [7, 11) is 5.11. The van der Waals surface area contributed by atoms with Gasteiger partial charge < -0.3 is 9.47 Å². The van der Waals surface area contributed by atoms with E-state index in [1.807, 2.05) is 0 Å². The van der Waals surface area contributed by atoms with E-state index in [1.165, 1.54) is 12.1 Å². The van der Waals surface area contributed by atoms with E-state index in [0.29, 0.717) is 11.4 Å². The zero-order valence-electron chi connectivity index (χ0n) is 12.9. The maximum absolute atomic E-state index is 13.9. The van der Waals surface area contributed by atoms with Crippen molar-refractivity contribution < 1.29 is 14.0 Å². The molecule has 8 heteroatoms. The molecule has 0 saturated heterocycles. The van der Waals surface area contributed by atoms with Gasteiger partial charge in [-0.1, -0.05) is 0 Å². The minimum Gasteiger partial charge on any atom is -0.375 e. The van der Waals surface area contributed by atoms with Crippen LogP contribution >= 0.6 is 15.9 Å². The summed E-state index contributed by atoms with van der Waals surface area (Å²) in [5, 5.41) is 0. The van der Waals surface area contributed by atoms with Crippen LogP contribution in [0.2, 0.25) is 0 Å². The molecule has 0 fully saturated rings. The number of aromatic nitrogens is 1. The molecule has 6 nitrogen and oxygen atoms in total. The Morgan fingerprint density at radius 1 is 1.17 bits per heavy atom. The molecule has 2 N–H and O–H groups in total. The number of nitrogens with one attached hydrogen (secondary N) is 2. The molecule has 0 saturated carbocycles. The second-order valence-electron chi connectivity index (χ2n) is 5.12. The molecule has 2 aromatic rings. The predicted molar refractivity (Wildman–Crippen MR) is 88.8 cm³/mol. The zero-order chi connectivity index (χ0) is 17.1. The highest BCUT2D eigenvalue weighted by atomic mass is 79.9. The van der Waals surface area contributed by atoms with Gasteiger partial charge in [-0.3, -0.25) is 20.4 Å². The molecular formula is C15H16BrFN4O2. The molecule has 0 spiro atoms. The number of carbonyl (C=O) groups excluding carboxylic acids is 2. The lowest BCUT2D eigenvalue weighted by atomic mass is 10.2. The minimum atomic E-state index is -0.601. The Morgan fingerprint density at radius 3 is 2.35 bits per heavy atom. The monoisotopic (exact) mass is 382 g/mol. The third kappa shape index (κ3) is 3.89. The number of anilines is 1. The SMILES string of the molecule is CN(C)c1ccc(C(=O)NNC(=O)c2cc(Br)cn2C)cc1F. The number of benzene rings is 1. The molecule has 23 heavy (non-hydrogen) atoms. The lowest BCUT2D eigenvalue weighted by Gasteiger charge is -2.14. The van der Waals surface area contributed by atoms with E-state index in [0.717, 1.165) is 10.5 Å². The molecule has 0 aliphatic carbocycles. The van der Waals surface area contributed by atoms with Crippen molar-refractivity contribution in [3.63, 3.8) is 0 Å². The maximum atomic E-state index is 13.9. The topological polar surface area (TPSA) is 66.4 Å². The number of amides is 2. The average molecular weight is 383 g/mol. The summed E-state index contributed by atoms with van der Waals surface area (Å²) in [5.74, 6) is -1.59. The Kier molecular flexibility index (Phi) is 5.05. The number of halogens is 2. The Balaban J connectivity index is 2.04. The first-order valence-electron chi connectivity index (χ1n) is 6.69. The predicted octanol–water partition coefficient (Wildman–Crippen LogP) is 2.07. The summed E-state index contributed by atoms with van der Waals surface area (Å²) in [6, 6.07) is 5.72. The Hall–Kier alpha value is -2.35. The number of aryl methyl sites for hydroxylation is 1. The van der Waals surface area contributed by atoms with Crippen molar-refractivity contribution in [2.24, 2.45) is 7.05 Å². The van der Waals surface area contributed by atoms with Crippen LogP contribution in [0, 0.1) is 5.82 Å². The number of carbonyl (C=O) groups is 2. The molecule has 2 rings (SSSR count). The van der Waals surface area contributed by atoms with Crippen LogP contribution in [0.4, 0.5) is 10.1 Å². The third-order valence-corrected chi connectivity index (χ3v) is 3.62. The van der Waals surface area contributed by atoms with Crippen LogP contribution in [-0.4, -0.2) is 30.5 Å². The molecule has 0 aliphatic heterocycles. The third-order valence-electron chi connectivity index (χ3n) is 3.19. The fourth-order valence-electron chi connectivity index (χ4n) is 2.01. The number of hydrogen-bond donors (Lipinski definition) is 2. The molecule has 122 valence electrons. The summed E-state index contributed by atoms with van der Waals surface area (Å²) < 4.78 is 16.2. The van der Waals surface area contributed by atoms with Gasteiger partial charge in [0.05, 0.1) is 5.69 Å². The second kappa shape index (κ2) is 6.82. The van der Waals surface area contributed by atoms with E-state index >= 15 is 0 Å². The lowest BCUT2D eigenvalue weighted by Crippen LogP contribution is -2.42. The van der Waals surface area contributed by atoms with Crippen molar-refractivity contribution in [1.82, 2.24) is 15.4 Å². The van der Waals surface area contributed by atoms with Crippen molar-refractivity contribution in [3.05, 3.63) is 52.0 Å². The standard InChI is InChI=1S/C15H16BrFN4O2/c1-20(2)12-5-4-9(6-11(12)17)14(22)18-19-15(23)13-7-10(16)8-21(13)3/h4-8H,1-3H3,(H,18,22)(H,19,23). The first-order valence-corrected chi connectivity index (χ1v) is 7.48. The van der Waals surface area contributed by atoms with E-state index in [4.69, 9.17) is 0 Å². The van der Waals surface area contributed by atoms with Gasteiger partial charge in [0.2, 0.25) is 0 Å². The fourth-order valence-corrected chi connectivity index (χ4v) is 2.53. The summed E-state index contributed by atoms with van der Waals surface area (Å²) in [5.41, 5.74) is 5.41. The van der Waals surface area contributed by atoms with Crippen LogP contribution in [0.5, 0.6) is 0 Å². The van der Waals surface area contributed by atoms with Crippen LogP contribution in [-0.2, 0) is 7.05 Å². The molecule has 1 heterocycles. The Bertz CT molecular complexity index is 758. The summed E-state index contributed by atoms with van der Waals surface area (Å²) >= 11 is 3.26. The van der Waals surface area contributed by atoms with Crippen LogP contribution in [0.25, 0.3) is 0 Å². The Morgan fingerprint density at radius 2 is 1.83 bits per heavy atom. The van der Waals surface area contributed by atoms with E-state index in [1.54, 1.807) is 42.9 Å². The number of nitrogens with zero attached hydrogens (tertiary/aromatic N) is 2. The number of rotatable bonds is 3. The highest BCUT2D eigenvalue weighted by Crippen LogP contribution is 2.18. The van der Waals surface area contributed by atoms with Gasteiger partial charge >= 0.3 is 0 Å². The molecule has 0 bridgehead atoms. The average Bonchev–Trinajstić information content (AvgIpc) is 2.82. The second-order valence-corrected chi connectivity index (χ2v) is 6.04. The zero-order valence-corrected chi connectivity index (χ0v) is 14.4. The fraction of sp³-hybridized carbons (Fsp3) is 0.200. The van der Waals surface area contributed by atoms with Crippen molar-refractivity contribution >= 4 is 33.4 Å². The normalized spacial score (nSPS) is 10.3. The molecule has 0 aliphatic rings. The molecular weight excluding hydrogens is 367 g/mol. The van der Waals surface area contributed by atoms with Gasteiger partial charge in [-0.25, -0.2) is 4.39 Å². The molecule has 0 atom stereocenters. The molecule has 0 radical (unpaired) electrons. The molecule has 1 aromatic heterocycles. The van der Waals surface area contributed by atoms with Crippen LogP contribution < -0.4 is 15.8 Å². The van der Waals surface area contributed by atoms with E-state index < -0.39 is 17.6 Å². The smallest absolute Gasteiger partial charge is 0.286 e. The number of hydrogen-bond acceptors (Lipinski definition) is 3. The van der Waals surface area contributed by atoms with Gasteiger partial charge in [-0.05, 0) is 40.2 Å². The van der Waals surface area contributed by atoms with Crippen molar-refractivity contribution in [2.45, 2.75) is 0 Å². The molecule has 0 unspecified atom stereocenters. The van der Waals surface area contributed by atoms with Gasteiger partial charge in [0, 0.05) is 37.4 Å². The van der Waals surface area contributed by atoms with Gasteiger partial charge in [0.15, 0.2) is 0 Å². The minimum absolute atomic E-state index is 0.112. The van der Waals surface area contributed by atoms with E-state index in [-0.39, 0.29) is 5.56 Å². The molecule has 1 aromatic carbocycles. The van der Waals surface area contributed by atoms with E-state index in [9.17, 15) is 14.0 Å². The maximum Gasteiger partial charge on any atom is 0.286 e. The van der Waals surface area contributed by atoms with Gasteiger partial charge in [-0.2, -0.15) is 0 Å². The first kappa shape index (κ1) is 17.0. The Labute approximate surface area is 141 Å². The van der Waals surface area contributed by atoms with Crippen molar-refractivity contribution in [2.75, 3.05) is 19.0 Å². The van der Waals surface area contributed by atoms with Gasteiger partial charge in [-0.15, -0.1) is 0 Å². The largest absolute Gasteiger partial charge is 0.375 e. The summed E-state index contributed by atoms with van der Waals surface area (Å²) in [6.07, 6.45) is 1.71. The van der Waals surface area contributed by atoms with Crippen molar-refractivity contribution in [3.8, 4) is 0 Å². The number of hydrazine groups is 1. The highest BCUT2D eigenvalue weighted by Gasteiger charge is 2.14. The van der Waals surface area contributed by atoms with E-state index in [2.05, 4.69) is 26.8 Å². The van der Waals surface area contributed by atoms with Crippen LogP contribution in [0.1, 0.15) is 20.8 Å². The molecule has 2 amide bonds. The highest BCUT2D eigenvalue weighted by molar-refractivity contribution is 9.10. The lowest BCUT2D eigenvalue weighted by molar-refractivity contribution is 0.0842. The summed E-state index contributed by atoms with van der Waals surface area (Å²) in [4.78, 5) is 25.6. The quantitative estimate of drug-likeness (QED) is 0.798.